The van der Waals surface area contributed by atoms with Gasteiger partial charge in [-0.05, 0) is 18.6 Å². The molecule has 0 saturated heterocycles. The molecule has 0 spiro atoms. The Bertz CT molecular complexity index is 532. The minimum absolute atomic E-state index is 0.252. The Morgan fingerprint density at radius 1 is 0.885 bits per heavy atom. The molecule has 0 aliphatic carbocycles. The summed E-state index contributed by atoms with van der Waals surface area (Å²) in [7, 11) is 0. The first-order valence-electron chi connectivity index (χ1n) is 9.99. The van der Waals surface area contributed by atoms with Crippen LogP contribution in [0.2, 0.25) is 0 Å². The summed E-state index contributed by atoms with van der Waals surface area (Å²) in [6.45, 7) is 2.24. The fraction of sp³-hybridized carbons (Fsp3) is 0.619. The van der Waals surface area contributed by atoms with Crippen LogP contribution in [0.3, 0.4) is 0 Å². The van der Waals surface area contributed by atoms with Crippen LogP contribution in [0.15, 0.2) is 24.3 Å². The summed E-state index contributed by atoms with van der Waals surface area (Å²) in [4.78, 5) is 28.3. The van der Waals surface area contributed by atoms with E-state index in [-0.39, 0.29) is 11.5 Å². The zero-order valence-corrected chi connectivity index (χ0v) is 16.1. The number of anilines is 1. The number of carbonyl (C=O) groups excluding carboxylic acids is 2. The molecule has 0 bridgehead atoms. The first-order chi connectivity index (χ1) is 12.6. The molecule has 1 aromatic carbocycles. The van der Waals surface area contributed by atoms with Crippen LogP contribution in [-0.2, 0) is 9.63 Å². The number of amides is 1. The highest BCUT2D eigenvalue weighted by atomic mass is 16.7. The summed E-state index contributed by atoms with van der Waals surface area (Å²) in [5.41, 5.74) is 8.48. The first-order valence-corrected chi connectivity index (χ1v) is 9.99. The van der Waals surface area contributed by atoms with Crippen molar-refractivity contribution < 1.29 is 14.4 Å². The standard InChI is InChI=1S/C21H34N2O3/c1-2-3-4-5-6-7-8-9-10-11-12-17-20(24)23-26-21(25)18-15-13-14-16-19(18)22/h13-16H,2-12,17,22H2,1H3,(H,23,24). The van der Waals surface area contributed by atoms with Crippen LogP contribution in [-0.4, -0.2) is 11.9 Å². The molecular weight excluding hydrogens is 328 g/mol. The maximum Gasteiger partial charge on any atom is 0.365 e. The van der Waals surface area contributed by atoms with E-state index >= 15 is 0 Å². The number of hydrogen-bond acceptors (Lipinski definition) is 4. The van der Waals surface area contributed by atoms with Crippen molar-refractivity contribution in [2.24, 2.45) is 0 Å². The molecule has 3 N–H and O–H groups in total. The Morgan fingerprint density at radius 3 is 2.00 bits per heavy atom. The van der Waals surface area contributed by atoms with E-state index in [0.29, 0.717) is 12.1 Å². The number of hydrogen-bond donors (Lipinski definition) is 2. The average Bonchev–Trinajstić information content (AvgIpc) is 2.64. The molecule has 5 nitrogen and oxygen atoms in total. The molecule has 1 aromatic rings. The van der Waals surface area contributed by atoms with Crippen molar-refractivity contribution in [1.29, 1.82) is 0 Å². The summed E-state index contributed by atoms with van der Waals surface area (Å²) >= 11 is 0. The zero-order valence-electron chi connectivity index (χ0n) is 16.1. The molecular formula is C21H34N2O3. The van der Waals surface area contributed by atoms with E-state index < -0.39 is 5.97 Å². The van der Waals surface area contributed by atoms with Crippen molar-refractivity contribution in [1.82, 2.24) is 5.48 Å². The topological polar surface area (TPSA) is 81.4 Å². The van der Waals surface area contributed by atoms with Gasteiger partial charge in [0, 0.05) is 12.1 Å². The highest BCUT2D eigenvalue weighted by Crippen LogP contribution is 2.13. The largest absolute Gasteiger partial charge is 0.398 e. The molecule has 0 aliphatic heterocycles. The van der Waals surface area contributed by atoms with Crippen molar-refractivity contribution >= 4 is 17.6 Å². The molecule has 0 heterocycles. The van der Waals surface area contributed by atoms with Crippen LogP contribution in [0.25, 0.3) is 0 Å². The van der Waals surface area contributed by atoms with E-state index in [2.05, 4.69) is 12.4 Å². The normalized spacial score (nSPS) is 10.5. The monoisotopic (exact) mass is 362 g/mol. The van der Waals surface area contributed by atoms with Crippen molar-refractivity contribution in [3.05, 3.63) is 29.8 Å². The van der Waals surface area contributed by atoms with Gasteiger partial charge in [0.05, 0.1) is 5.56 Å². The second-order valence-corrected chi connectivity index (χ2v) is 6.79. The van der Waals surface area contributed by atoms with Gasteiger partial charge in [-0.3, -0.25) is 4.79 Å². The number of carbonyl (C=O) groups is 2. The highest BCUT2D eigenvalue weighted by molar-refractivity contribution is 5.95. The Kier molecular flexibility index (Phi) is 12.0. The van der Waals surface area contributed by atoms with Crippen LogP contribution in [0.5, 0.6) is 0 Å². The van der Waals surface area contributed by atoms with Gasteiger partial charge in [0.2, 0.25) is 0 Å². The molecule has 5 heteroatoms. The Morgan fingerprint density at radius 2 is 1.42 bits per heavy atom. The third-order valence-corrected chi connectivity index (χ3v) is 4.45. The molecule has 1 amide bonds. The minimum Gasteiger partial charge on any atom is -0.398 e. The number of hydroxylamine groups is 1. The summed E-state index contributed by atoms with van der Waals surface area (Å²) in [6.07, 6.45) is 13.9. The van der Waals surface area contributed by atoms with Crippen LogP contribution >= 0.6 is 0 Å². The lowest BCUT2D eigenvalue weighted by molar-refractivity contribution is -0.130. The van der Waals surface area contributed by atoms with Gasteiger partial charge in [-0.25, -0.2) is 4.79 Å². The first kappa shape index (κ1) is 22.0. The summed E-state index contributed by atoms with van der Waals surface area (Å²) in [6, 6.07) is 6.61. The smallest absolute Gasteiger partial charge is 0.365 e. The zero-order chi connectivity index (χ0) is 19.0. The number of nitrogens with one attached hydrogen (secondary N) is 1. The predicted octanol–water partition coefficient (Wildman–Crippen LogP) is 5.16. The summed E-state index contributed by atoms with van der Waals surface area (Å²) in [5, 5.41) is 0. The lowest BCUT2D eigenvalue weighted by Gasteiger charge is -2.07. The fourth-order valence-electron chi connectivity index (χ4n) is 2.84. The molecule has 0 unspecified atom stereocenters. The van der Waals surface area contributed by atoms with E-state index in [1.807, 2.05) is 0 Å². The van der Waals surface area contributed by atoms with Gasteiger partial charge in [-0.2, -0.15) is 5.48 Å². The maximum absolute atomic E-state index is 11.8. The Labute approximate surface area is 157 Å². The van der Waals surface area contributed by atoms with Crippen molar-refractivity contribution in [2.45, 2.75) is 84.0 Å². The van der Waals surface area contributed by atoms with Gasteiger partial charge in [-0.15, -0.1) is 0 Å². The van der Waals surface area contributed by atoms with Crippen molar-refractivity contribution in [2.75, 3.05) is 5.73 Å². The van der Waals surface area contributed by atoms with Crippen LogP contribution < -0.4 is 11.2 Å². The number of benzene rings is 1. The molecule has 0 fully saturated rings. The summed E-state index contributed by atoms with van der Waals surface area (Å²) in [5.74, 6) is -0.917. The maximum atomic E-state index is 11.8. The summed E-state index contributed by atoms with van der Waals surface area (Å²) < 4.78 is 0. The van der Waals surface area contributed by atoms with E-state index in [0.717, 1.165) is 19.3 Å². The molecule has 0 saturated carbocycles. The quantitative estimate of drug-likeness (QED) is 0.288. The SMILES string of the molecule is CCCCCCCCCCCCCC(=O)NOC(=O)c1ccccc1N. The van der Waals surface area contributed by atoms with E-state index in [9.17, 15) is 9.59 Å². The van der Waals surface area contributed by atoms with Crippen molar-refractivity contribution in [3.8, 4) is 0 Å². The Balaban J connectivity index is 1.97. The molecule has 0 radical (unpaired) electrons. The third kappa shape index (κ3) is 10.1. The van der Waals surface area contributed by atoms with Gasteiger partial charge in [0.25, 0.3) is 5.91 Å². The lowest BCUT2D eigenvalue weighted by Crippen LogP contribution is -2.27. The average molecular weight is 363 g/mol. The van der Waals surface area contributed by atoms with Gasteiger partial charge >= 0.3 is 5.97 Å². The molecule has 0 atom stereocenters. The molecule has 0 aliphatic rings. The van der Waals surface area contributed by atoms with Crippen LogP contribution in [0.4, 0.5) is 5.69 Å². The number of unbranched alkanes of at least 4 members (excludes halogenated alkanes) is 10. The number of nitrogens with two attached hydrogens (primary N) is 1. The lowest BCUT2D eigenvalue weighted by atomic mass is 10.1. The van der Waals surface area contributed by atoms with Crippen LogP contribution in [0.1, 0.15) is 94.3 Å². The van der Waals surface area contributed by atoms with E-state index in [1.165, 1.54) is 51.4 Å². The predicted molar refractivity (Wildman–Crippen MR) is 105 cm³/mol. The number of para-hydroxylation sites is 1. The number of nitrogen functional groups attached to an aromatic ring is 1. The second-order valence-electron chi connectivity index (χ2n) is 6.79. The molecule has 26 heavy (non-hydrogen) atoms. The minimum atomic E-state index is -0.643. The van der Waals surface area contributed by atoms with Gasteiger partial charge in [0.1, 0.15) is 0 Å². The Hall–Kier alpha value is -2.04. The number of rotatable bonds is 13. The van der Waals surface area contributed by atoms with Gasteiger partial charge in [0.15, 0.2) is 0 Å². The van der Waals surface area contributed by atoms with Gasteiger partial charge in [-0.1, -0.05) is 83.3 Å². The molecule has 146 valence electrons. The fourth-order valence-corrected chi connectivity index (χ4v) is 2.84. The van der Waals surface area contributed by atoms with Gasteiger partial charge < -0.3 is 10.6 Å². The molecule has 0 aromatic heterocycles. The molecule has 1 rings (SSSR count). The second kappa shape index (κ2) is 14.2. The van der Waals surface area contributed by atoms with E-state index in [4.69, 9.17) is 10.6 Å². The highest BCUT2D eigenvalue weighted by Gasteiger charge is 2.12. The van der Waals surface area contributed by atoms with E-state index in [1.54, 1.807) is 24.3 Å². The third-order valence-electron chi connectivity index (χ3n) is 4.45. The van der Waals surface area contributed by atoms with Crippen molar-refractivity contribution in [3.63, 3.8) is 0 Å². The van der Waals surface area contributed by atoms with Crippen LogP contribution in [0, 0.1) is 0 Å².